The van der Waals surface area contributed by atoms with Crippen LogP contribution in [0.25, 0.3) is 0 Å². The number of rotatable bonds is 3. The second kappa shape index (κ2) is 5.17. The second-order valence-electron chi connectivity index (χ2n) is 5.28. The number of phenolic OH excluding ortho intramolecular Hbond substituents is 2. The smallest absolute Gasteiger partial charge is 0.161 e. The third kappa shape index (κ3) is 2.25. The molecule has 5 heteroatoms. The topological polar surface area (TPSA) is 70.3 Å². The van der Waals surface area contributed by atoms with Gasteiger partial charge in [0.15, 0.2) is 11.5 Å². The molecule has 0 fully saturated rings. The van der Waals surface area contributed by atoms with Gasteiger partial charge in [-0.15, -0.1) is 0 Å². The number of aromatic nitrogens is 2. The highest BCUT2D eigenvalue weighted by molar-refractivity contribution is 5.44. The van der Waals surface area contributed by atoms with Crippen molar-refractivity contribution in [1.82, 2.24) is 15.1 Å². The maximum atomic E-state index is 9.82. The number of hydrogen-bond acceptors (Lipinski definition) is 4. The molecule has 3 N–H and O–H groups in total. The van der Waals surface area contributed by atoms with E-state index in [1.165, 1.54) is 17.3 Å². The van der Waals surface area contributed by atoms with Crippen molar-refractivity contribution < 1.29 is 10.2 Å². The van der Waals surface area contributed by atoms with E-state index >= 15 is 0 Å². The van der Waals surface area contributed by atoms with Gasteiger partial charge in [0.1, 0.15) is 0 Å². The minimum Gasteiger partial charge on any atom is -0.504 e. The van der Waals surface area contributed by atoms with Gasteiger partial charge in [-0.3, -0.25) is 4.68 Å². The standard InChI is InChI=1S/C15H19N3O2/c1-18-13-6-3-5-12(11(13)9-17-18)16-8-10-4-2-7-14(19)15(10)20/h2,4,7,9,12,16,19-20H,3,5-6,8H2,1H3. The highest BCUT2D eigenvalue weighted by Gasteiger charge is 2.23. The summed E-state index contributed by atoms with van der Waals surface area (Å²) in [4.78, 5) is 0. The minimum absolute atomic E-state index is 0.0396. The van der Waals surface area contributed by atoms with Gasteiger partial charge in [0, 0.05) is 36.5 Å². The monoisotopic (exact) mass is 273 g/mol. The van der Waals surface area contributed by atoms with Crippen LogP contribution in [0, 0.1) is 0 Å². The Morgan fingerprint density at radius 1 is 1.40 bits per heavy atom. The van der Waals surface area contributed by atoms with Gasteiger partial charge in [-0.2, -0.15) is 5.10 Å². The molecule has 20 heavy (non-hydrogen) atoms. The molecule has 1 aliphatic rings. The molecule has 1 aromatic heterocycles. The Hall–Kier alpha value is -2.01. The van der Waals surface area contributed by atoms with Crippen molar-refractivity contribution >= 4 is 0 Å². The van der Waals surface area contributed by atoms with Gasteiger partial charge in [-0.25, -0.2) is 0 Å². The predicted molar refractivity (Wildman–Crippen MR) is 75.5 cm³/mol. The maximum Gasteiger partial charge on any atom is 0.161 e. The Morgan fingerprint density at radius 2 is 2.25 bits per heavy atom. The summed E-state index contributed by atoms with van der Waals surface area (Å²) in [5, 5.41) is 27.1. The van der Waals surface area contributed by atoms with Gasteiger partial charge in [0.2, 0.25) is 0 Å². The van der Waals surface area contributed by atoms with Gasteiger partial charge in [0.25, 0.3) is 0 Å². The summed E-state index contributed by atoms with van der Waals surface area (Å²) in [6.45, 7) is 0.527. The third-order valence-electron chi connectivity index (χ3n) is 4.01. The Labute approximate surface area is 117 Å². The predicted octanol–water partition coefficient (Wildman–Crippen LogP) is 2.00. The summed E-state index contributed by atoms with van der Waals surface area (Å²) in [5.41, 5.74) is 3.24. The first-order chi connectivity index (χ1) is 9.66. The highest BCUT2D eigenvalue weighted by Crippen LogP contribution is 2.31. The molecule has 0 bridgehead atoms. The van der Waals surface area contributed by atoms with Crippen LogP contribution >= 0.6 is 0 Å². The largest absolute Gasteiger partial charge is 0.504 e. The first kappa shape index (κ1) is 13.0. The van der Waals surface area contributed by atoms with E-state index in [-0.39, 0.29) is 17.5 Å². The Kier molecular flexibility index (Phi) is 3.36. The van der Waals surface area contributed by atoms with E-state index in [0.29, 0.717) is 12.1 Å². The second-order valence-corrected chi connectivity index (χ2v) is 5.28. The van der Waals surface area contributed by atoms with Crippen LogP contribution in [0.2, 0.25) is 0 Å². The lowest BCUT2D eigenvalue weighted by molar-refractivity contribution is 0.392. The molecule has 0 aliphatic heterocycles. The lowest BCUT2D eigenvalue weighted by Crippen LogP contribution is -2.24. The number of fused-ring (bicyclic) bond motifs is 1. The highest BCUT2D eigenvalue weighted by atomic mass is 16.3. The zero-order chi connectivity index (χ0) is 14.1. The van der Waals surface area contributed by atoms with Gasteiger partial charge >= 0.3 is 0 Å². The average Bonchev–Trinajstić information content (AvgIpc) is 2.83. The van der Waals surface area contributed by atoms with Crippen LogP contribution in [0.4, 0.5) is 0 Å². The quantitative estimate of drug-likeness (QED) is 0.748. The molecule has 1 atom stereocenters. The molecule has 0 amide bonds. The van der Waals surface area contributed by atoms with Crippen molar-refractivity contribution in [2.45, 2.75) is 31.8 Å². The van der Waals surface area contributed by atoms with Gasteiger partial charge in [-0.05, 0) is 25.3 Å². The van der Waals surface area contributed by atoms with E-state index in [9.17, 15) is 10.2 Å². The fourth-order valence-electron chi connectivity index (χ4n) is 2.87. The number of nitrogens with one attached hydrogen (secondary N) is 1. The SMILES string of the molecule is Cn1ncc2c1CCCC2NCc1cccc(O)c1O. The van der Waals surface area contributed by atoms with E-state index in [1.54, 1.807) is 6.07 Å². The number of nitrogens with zero attached hydrogens (tertiary/aromatic N) is 2. The van der Waals surface area contributed by atoms with Crippen molar-refractivity contribution in [3.8, 4) is 11.5 Å². The zero-order valence-corrected chi connectivity index (χ0v) is 11.5. The van der Waals surface area contributed by atoms with Crippen molar-refractivity contribution in [1.29, 1.82) is 0 Å². The molecule has 1 aromatic carbocycles. The first-order valence-corrected chi connectivity index (χ1v) is 6.91. The first-order valence-electron chi connectivity index (χ1n) is 6.91. The third-order valence-corrected chi connectivity index (χ3v) is 4.01. The van der Waals surface area contributed by atoms with Crippen LogP contribution in [0.5, 0.6) is 11.5 Å². The molecule has 3 rings (SSSR count). The lowest BCUT2D eigenvalue weighted by atomic mass is 9.93. The Balaban J connectivity index is 1.75. The summed E-state index contributed by atoms with van der Waals surface area (Å²) in [6, 6.07) is 5.30. The van der Waals surface area contributed by atoms with E-state index < -0.39 is 0 Å². The zero-order valence-electron chi connectivity index (χ0n) is 11.5. The average molecular weight is 273 g/mol. The minimum atomic E-state index is -0.0741. The molecule has 0 saturated carbocycles. The van der Waals surface area contributed by atoms with Crippen LogP contribution in [0.3, 0.4) is 0 Å². The van der Waals surface area contributed by atoms with Crippen LogP contribution < -0.4 is 5.32 Å². The molecule has 1 heterocycles. The van der Waals surface area contributed by atoms with Crippen LogP contribution in [-0.2, 0) is 20.0 Å². The van der Waals surface area contributed by atoms with Crippen LogP contribution in [-0.4, -0.2) is 20.0 Å². The summed E-state index contributed by atoms with van der Waals surface area (Å²) in [6.07, 6.45) is 5.20. The normalized spacial score (nSPS) is 17.9. The summed E-state index contributed by atoms with van der Waals surface area (Å²) in [5.74, 6) is -0.114. The summed E-state index contributed by atoms with van der Waals surface area (Å²) in [7, 11) is 1.97. The van der Waals surface area contributed by atoms with Crippen molar-refractivity contribution in [3.63, 3.8) is 0 Å². The molecule has 2 aromatic rings. The van der Waals surface area contributed by atoms with Crippen LogP contribution in [0.1, 0.15) is 35.7 Å². The molecule has 1 unspecified atom stereocenters. The summed E-state index contributed by atoms with van der Waals surface area (Å²) >= 11 is 0. The van der Waals surface area contributed by atoms with E-state index in [1.807, 2.05) is 24.0 Å². The molecular formula is C15H19N3O2. The number of aryl methyl sites for hydroxylation is 1. The summed E-state index contributed by atoms with van der Waals surface area (Å²) < 4.78 is 1.94. The molecule has 5 nitrogen and oxygen atoms in total. The number of para-hydroxylation sites is 1. The molecule has 1 aliphatic carbocycles. The molecular weight excluding hydrogens is 254 g/mol. The Morgan fingerprint density at radius 3 is 3.10 bits per heavy atom. The number of phenols is 2. The van der Waals surface area contributed by atoms with E-state index in [4.69, 9.17) is 0 Å². The maximum absolute atomic E-state index is 9.82. The van der Waals surface area contributed by atoms with E-state index in [2.05, 4.69) is 10.4 Å². The molecule has 0 spiro atoms. The number of hydrogen-bond donors (Lipinski definition) is 3. The van der Waals surface area contributed by atoms with Gasteiger partial charge in [0.05, 0.1) is 6.20 Å². The lowest BCUT2D eigenvalue weighted by Gasteiger charge is -2.24. The number of benzene rings is 1. The van der Waals surface area contributed by atoms with Crippen molar-refractivity contribution in [3.05, 3.63) is 41.2 Å². The Bertz CT molecular complexity index is 622. The van der Waals surface area contributed by atoms with Gasteiger partial charge in [-0.1, -0.05) is 12.1 Å². The molecule has 106 valence electrons. The fraction of sp³-hybridized carbons (Fsp3) is 0.400. The fourth-order valence-corrected chi connectivity index (χ4v) is 2.87. The number of aromatic hydroxyl groups is 2. The van der Waals surface area contributed by atoms with Gasteiger partial charge < -0.3 is 15.5 Å². The van der Waals surface area contributed by atoms with Crippen molar-refractivity contribution in [2.75, 3.05) is 0 Å². The molecule has 0 radical (unpaired) electrons. The van der Waals surface area contributed by atoms with Crippen LogP contribution in [0.15, 0.2) is 24.4 Å². The molecule has 0 saturated heterocycles. The van der Waals surface area contributed by atoms with E-state index in [0.717, 1.165) is 19.3 Å². The van der Waals surface area contributed by atoms with Crippen molar-refractivity contribution in [2.24, 2.45) is 7.05 Å².